The molecule has 5 heteroatoms. The number of likely N-dealkylation sites (tertiary alicyclic amines) is 1. The molecule has 0 saturated carbocycles. The van der Waals surface area contributed by atoms with Crippen LogP contribution in [0.5, 0.6) is 0 Å². The van der Waals surface area contributed by atoms with Crippen molar-refractivity contribution in [1.82, 2.24) is 4.90 Å². The molecule has 5 nitrogen and oxygen atoms in total. The number of hydrogen-bond acceptors (Lipinski definition) is 2. The Balaban J connectivity index is 1.51. The van der Waals surface area contributed by atoms with Crippen LogP contribution in [0.2, 0.25) is 0 Å². The standard InChI is InChI=1S/C24H22N2O3/c27-23(25-20-13-11-18(12-14-20)17-7-3-1-4-8-17)22-16-26(24(28)29)15-21(22)19-9-5-2-6-10-19/h1-14,21-22H,15-16H2,(H,25,27)(H,28,29)/t21-,22+/m1/s1. The molecule has 2 amide bonds. The second-order valence-corrected chi connectivity index (χ2v) is 7.24. The summed E-state index contributed by atoms with van der Waals surface area (Å²) in [5, 5.41) is 12.4. The number of carbonyl (C=O) groups excluding carboxylic acids is 1. The highest BCUT2D eigenvalue weighted by Gasteiger charge is 2.40. The molecule has 29 heavy (non-hydrogen) atoms. The lowest BCUT2D eigenvalue weighted by molar-refractivity contribution is -0.119. The van der Waals surface area contributed by atoms with Gasteiger partial charge in [0.1, 0.15) is 0 Å². The van der Waals surface area contributed by atoms with Crippen molar-refractivity contribution in [2.24, 2.45) is 5.92 Å². The van der Waals surface area contributed by atoms with Crippen molar-refractivity contribution in [3.05, 3.63) is 90.5 Å². The molecule has 1 aliphatic rings. The second kappa shape index (κ2) is 8.19. The van der Waals surface area contributed by atoms with E-state index in [2.05, 4.69) is 5.32 Å². The Bertz CT molecular complexity index is 988. The van der Waals surface area contributed by atoms with Gasteiger partial charge in [0.25, 0.3) is 0 Å². The van der Waals surface area contributed by atoms with Crippen LogP contribution in [0.1, 0.15) is 11.5 Å². The Morgan fingerprint density at radius 3 is 2.00 bits per heavy atom. The molecule has 0 bridgehead atoms. The molecular formula is C24H22N2O3. The predicted molar refractivity (Wildman–Crippen MR) is 113 cm³/mol. The molecule has 3 aromatic carbocycles. The highest BCUT2D eigenvalue weighted by Crippen LogP contribution is 2.33. The first kappa shape index (κ1) is 18.7. The van der Waals surface area contributed by atoms with Crippen LogP contribution in [0.4, 0.5) is 10.5 Å². The van der Waals surface area contributed by atoms with E-state index in [1.54, 1.807) is 0 Å². The highest BCUT2D eigenvalue weighted by molar-refractivity contribution is 5.94. The summed E-state index contributed by atoms with van der Waals surface area (Å²) >= 11 is 0. The van der Waals surface area contributed by atoms with Crippen molar-refractivity contribution in [2.75, 3.05) is 18.4 Å². The third-order valence-electron chi connectivity index (χ3n) is 5.41. The van der Waals surface area contributed by atoms with Gasteiger partial charge in [-0.1, -0.05) is 72.8 Å². The summed E-state index contributed by atoms with van der Waals surface area (Å²) in [5.41, 5.74) is 3.87. The van der Waals surface area contributed by atoms with Crippen molar-refractivity contribution in [3.63, 3.8) is 0 Å². The molecule has 0 aromatic heterocycles. The SMILES string of the molecule is O=C(Nc1ccc(-c2ccccc2)cc1)[C@H]1CN(C(=O)O)C[C@@H]1c1ccccc1. The van der Waals surface area contributed by atoms with Gasteiger partial charge in [-0.25, -0.2) is 4.79 Å². The van der Waals surface area contributed by atoms with E-state index in [0.29, 0.717) is 12.2 Å². The first-order valence-corrected chi connectivity index (χ1v) is 9.61. The van der Waals surface area contributed by atoms with E-state index in [1.165, 1.54) is 4.90 Å². The lowest BCUT2D eigenvalue weighted by Gasteiger charge is -2.18. The van der Waals surface area contributed by atoms with E-state index < -0.39 is 12.0 Å². The first-order valence-electron chi connectivity index (χ1n) is 9.61. The number of nitrogens with zero attached hydrogens (tertiary/aromatic N) is 1. The van der Waals surface area contributed by atoms with Gasteiger partial charge < -0.3 is 15.3 Å². The summed E-state index contributed by atoms with van der Waals surface area (Å²) in [4.78, 5) is 25.8. The first-order chi connectivity index (χ1) is 14.1. The summed E-state index contributed by atoms with van der Waals surface area (Å²) in [6.45, 7) is 0.521. The van der Waals surface area contributed by atoms with Crippen molar-refractivity contribution in [3.8, 4) is 11.1 Å². The molecule has 1 fully saturated rings. The third-order valence-corrected chi connectivity index (χ3v) is 5.41. The maximum absolute atomic E-state index is 13.0. The fourth-order valence-corrected chi connectivity index (χ4v) is 3.88. The number of anilines is 1. The van der Waals surface area contributed by atoms with Gasteiger partial charge in [0, 0.05) is 24.7 Å². The van der Waals surface area contributed by atoms with Gasteiger partial charge in [-0.05, 0) is 28.8 Å². The topological polar surface area (TPSA) is 69.6 Å². The van der Waals surface area contributed by atoms with E-state index in [1.807, 2.05) is 84.9 Å². The zero-order valence-electron chi connectivity index (χ0n) is 15.9. The monoisotopic (exact) mass is 386 g/mol. The normalized spacial score (nSPS) is 18.4. The minimum Gasteiger partial charge on any atom is -0.465 e. The molecule has 0 unspecified atom stereocenters. The lowest BCUT2D eigenvalue weighted by atomic mass is 9.88. The van der Waals surface area contributed by atoms with Gasteiger partial charge in [0.15, 0.2) is 0 Å². The number of benzene rings is 3. The molecule has 2 atom stereocenters. The van der Waals surface area contributed by atoms with Gasteiger partial charge in [-0.3, -0.25) is 4.79 Å². The van der Waals surface area contributed by atoms with Crippen LogP contribution in [-0.2, 0) is 4.79 Å². The van der Waals surface area contributed by atoms with E-state index in [9.17, 15) is 14.7 Å². The molecule has 2 N–H and O–H groups in total. The maximum Gasteiger partial charge on any atom is 0.407 e. The number of carboxylic acid groups (broad SMARTS) is 1. The number of rotatable bonds is 4. The third kappa shape index (κ3) is 4.14. The van der Waals surface area contributed by atoms with E-state index in [4.69, 9.17) is 0 Å². The average Bonchev–Trinajstić information content (AvgIpc) is 3.22. The van der Waals surface area contributed by atoms with Crippen LogP contribution in [0.25, 0.3) is 11.1 Å². The number of carbonyl (C=O) groups is 2. The summed E-state index contributed by atoms with van der Waals surface area (Å²) in [7, 11) is 0. The molecule has 1 heterocycles. The van der Waals surface area contributed by atoms with Gasteiger partial charge in [-0.2, -0.15) is 0 Å². The van der Waals surface area contributed by atoms with Crippen molar-refractivity contribution >= 4 is 17.7 Å². The predicted octanol–water partition coefficient (Wildman–Crippen LogP) is 4.69. The van der Waals surface area contributed by atoms with Crippen molar-refractivity contribution in [2.45, 2.75) is 5.92 Å². The zero-order valence-corrected chi connectivity index (χ0v) is 15.9. The fraction of sp³-hybridized carbons (Fsp3) is 0.167. The lowest BCUT2D eigenvalue weighted by Crippen LogP contribution is -2.30. The van der Waals surface area contributed by atoms with E-state index >= 15 is 0 Å². The summed E-state index contributed by atoms with van der Waals surface area (Å²) in [5.74, 6) is -0.742. The smallest absolute Gasteiger partial charge is 0.407 e. The summed E-state index contributed by atoms with van der Waals surface area (Å²) in [6, 6.07) is 27.4. The highest BCUT2D eigenvalue weighted by atomic mass is 16.4. The fourth-order valence-electron chi connectivity index (χ4n) is 3.88. The Hall–Kier alpha value is -3.60. The van der Waals surface area contributed by atoms with Gasteiger partial charge in [-0.15, -0.1) is 0 Å². The van der Waals surface area contributed by atoms with Crippen molar-refractivity contribution in [1.29, 1.82) is 0 Å². The maximum atomic E-state index is 13.0. The molecular weight excluding hydrogens is 364 g/mol. The van der Waals surface area contributed by atoms with Crippen molar-refractivity contribution < 1.29 is 14.7 Å². The summed E-state index contributed by atoms with van der Waals surface area (Å²) in [6.07, 6.45) is -0.992. The van der Waals surface area contributed by atoms with Crippen LogP contribution in [0.3, 0.4) is 0 Å². The zero-order chi connectivity index (χ0) is 20.2. The Kier molecular flexibility index (Phi) is 5.29. The average molecular weight is 386 g/mol. The quantitative estimate of drug-likeness (QED) is 0.684. The number of nitrogens with one attached hydrogen (secondary N) is 1. The Labute approximate surface area is 169 Å². The molecule has 3 aromatic rings. The largest absolute Gasteiger partial charge is 0.465 e. The van der Waals surface area contributed by atoms with Crippen LogP contribution < -0.4 is 5.32 Å². The molecule has 1 saturated heterocycles. The summed E-state index contributed by atoms with van der Waals surface area (Å²) < 4.78 is 0. The molecule has 0 radical (unpaired) electrons. The Morgan fingerprint density at radius 2 is 1.38 bits per heavy atom. The van der Waals surface area contributed by atoms with Gasteiger partial charge >= 0.3 is 6.09 Å². The molecule has 0 spiro atoms. The van der Waals surface area contributed by atoms with Gasteiger partial charge in [0.05, 0.1) is 5.92 Å². The molecule has 4 rings (SSSR count). The van der Waals surface area contributed by atoms with Gasteiger partial charge in [0.2, 0.25) is 5.91 Å². The van der Waals surface area contributed by atoms with Crippen LogP contribution in [0, 0.1) is 5.92 Å². The van der Waals surface area contributed by atoms with E-state index in [-0.39, 0.29) is 18.4 Å². The molecule has 1 aliphatic heterocycles. The minimum atomic E-state index is -0.992. The van der Waals surface area contributed by atoms with Crippen LogP contribution in [-0.4, -0.2) is 35.1 Å². The van der Waals surface area contributed by atoms with Crippen LogP contribution in [0.15, 0.2) is 84.9 Å². The number of amides is 2. The Morgan fingerprint density at radius 1 is 0.793 bits per heavy atom. The second-order valence-electron chi connectivity index (χ2n) is 7.24. The minimum absolute atomic E-state index is 0.157. The van der Waals surface area contributed by atoms with E-state index in [0.717, 1.165) is 16.7 Å². The molecule has 146 valence electrons. The molecule has 0 aliphatic carbocycles. The number of hydrogen-bond donors (Lipinski definition) is 2. The van der Waals surface area contributed by atoms with Crippen LogP contribution >= 0.6 is 0 Å².